The number of benzene rings is 1. The predicted molar refractivity (Wildman–Crippen MR) is 54.0 cm³/mol. The molecule has 1 rings (SSSR count). The maximum absolute atomic E-state index is 13.3. The van der Waals surface area contributed by atoms with Crippen LogP contribution in [0.2, 0.25) is 0 Å². The minimum absolute atomic E-state index is 0.00350. The Hall–Kier alpha value is -1.29. The monoisotopic (exact) mass is 213 g/mol. The summed E-state index contributed by atoms with van der Waals surface area (Å²) in [6.07, 6.45) is 0.567. The van der Waals surface area contributed by atoms with E-state index in [-0.39, 0.29) is 12.1 Å². The Labute approximate surface area is 87.3 Å². The highest BCUT2D eigenvalue weighted by Gasteiger charge is 2.15. The molecule has 0 amide bonds. The number of hydrogen-bond acceptors (Lipinski definition) is 2. The van der Waals surface area contributed by atoms with E-state index in [2.05, 4.69) is 5.32 Å². The Morgan fingerprint density at radius 1 is 1.40 bits per heavy atom. The molecule has 0 aromatic heterocycles. The van der Waals surface area contributed by atoms with E-state index in [1.807, 2.05) is 6.92 Å². The second-order valence-electron chi connectivity index (χ2n) is 3.25. The highest BCUT2D eigenvalue weighted by Crippen LogP contribution is 2.16. The SMILES string of the molecule is CCc1cc(F)c(F)c(C(=O)CNC)c1. The van der Waals surface area contributed by atoms with Crippen molar-refractivity contribution in [2.45, 2.75) is 13.3 Å². The Bertz CT molecular complexity index is 377. The predicted octanol–water partition coefficient (Wildman–Crippen LogP) is 1.93. The molecule has 0 saturated carbocycles. The second-order valence-corrected chi connectivity index (χ2v) is 3.25. The number of nitrogens with one attached hydrogen (secondary N) is 1. The van der Waals surface area contributed by atoms with E-state index in [4.69, 9.17) is 0 Å². The Balaban J connectivity index is 3.15. The van der Waals surface area contributed by atoms with Crippen LogP contribution in [-0.2, 0) is 6.42 Å². The maximum atomic E-state index is 13.3. The summed E-state index contributed by atoms with van der Waals surface area (Å²) in [6, 6.07) is 2.52. The van der Waals surface area contributed by atoms with Gasteiger partial charge in [0.2, 0.25) is 0 Å². The van der Waals surface area contributed by atoms with Crippen LogP contribution in [0.3, 0.4) is 0 Å². The third-order valence-electron chi connectivity index (χ3n) is 2.13. The van der Waals surface area contributed by atoms with Crippen LogP contribution < -0.4 is 5.32 Å². The third kappa shape index (κ3) is 2.59. The van der Waals surface area contributed by atoms with E-state index in [9.17, 15) is 13.6 Å². The number of rotatable bonds is 4. The minimum Gasteiger partial charge on any atom is -0.313 e. The number of halogens is 2. The van der Waals surface area contributed by atoms with Crippen molar-refractivity contribution in [2.24, 2.45) is 0 Å². The summed E-state index contributed by atoms with van der Waals surface area (Å²) in [6.45, 7) is 1.82. The van der Waals surface area contributed by atoms with Crippen molar-refractivity contribution in [3.05, 3.63) is 34.9 Å². The quantitative estimate of drug-likeness (QED) is 0.774. The molecule has 0 aliphatic rings. The normalized spacial score (nSPS) is 10.4. The van der Waals surface area contributed by atoms with Crippen molar-refractivity contribution in [3.63, 3.8) is 0 Å². The van der Waals surface area contributed by atoms with E-state index in [1.54, 1.807) is 7.05 Å². The van der Waals surface area contributed by atoms with Crippen LogP contribution in [0, 0.1) is 11.6 Å². The number of aryl methyl sites for hydroxylation is 1. The van der Waals surface area contributed by atoms with Crippen molar-refractivity contribution in [1.29, 1.82) is 0 Å². The van der Waals surface area contributed by atoms with Gasteiger partial charge in [0.15, 0.2) is 17.4 Å². The first-order chi connectivity index (χ1) is 7.10. The van der Waals surface area contributed by atoms with Crippen LogP contribution in [-0.4, -0.2) is 19.4 Å². The first-order valence-corrected chi connectivity index (χ1v) is 4.75. The van der Waals surface area contributed by atoms with Gasteiger partial charge < -0.3 is 5.32 Å². The average molecular weight is 213 g/mol. The molecule has 1 aromatic carbocycles. The van der Waals surface area contributed by atoms with Crippen LogP contribution in [0.4, 0.5) is 8.78 Å². The summed E-state index contributed by atoms with van der Waals surface area (Å²) >= 11 is 0. The lowest BCUT2D eigenvalue weighted by molar-refractivity contribution is 0.0988. The molecule has 15 heavy (non-hydrogen) atoms. The Morgan fingerprint density at radius 2 is 2.07 bits per heavy atom. The lowest BCUT2D eigenvalue weighted by atomic mass is 10.0. The molecular formula is C11H13F2NO. The number of likely N-dealkylation sites (N-methyl/N-ethyl adjacent to an activating group) is 1. The molecule has 0 bridgehead atoms. The number of ketones is 1. The average Bonchev–Trinajstić information content (AvgIpc) is 2.22. The van der Waals surface area contributed by atoms with Crippen molar-refractivity contribution in [2.75, 3.05) is 13.6 Å². The Kier molecular flexibility index (Phi) is 3.91. The van der Waals surface area contributed by atoms with Crippen molar-refractivity contribution < 1.29 is 13.6 Å². The summed E-state index contributed by atoms with van der Waals surface area (Å²) < 4.78 is 26.3. The minimum atomic E-state index is -1.06. The molecule has 0 radical (unpaired) electrons. The fourth-order valence-corrected chi connectivity index (χ4v) is 1.31. The van der Waals surface area contributed by atoms with Crippen LogP contribution in [0.1, 0.15) is 22.8 Å². The van der Waals surface area contributed by atoms with Gasteiger partial charge in [0.25, 0.3) is 0 Å². The van der Waals surface area contributed by atoms with Crippen LogP contribution in [0.25, 0.3) is 0 Å². The van der Waals surface area contributed by atoms with Gasteiger partial charge in [-0.15, -0.1) is 0 Å². The first kappa shape index (κ1) is 11.8. The zero-order valence-electron chi connectivity index (χ0n) is 8.73. The van der Waals surface area contributed by atoms with E-state index in [0.717, 1.165) is 6.07 Å². The number of hydrogen-bond donors (Lipinski definition) is 1. The van der Waals surface area contributed by atoms with Gasteiger partial charge in [-0.3, -0.25) is 4.79 Å². The molecule has 0 aliphatic carbocycles. The summed E-state index contributed by atoms with van der Waals surface area (Å²) in [5.74, 6) is -2.47. The topological polar surface area (TPSA) is 29.1 Å². The zero-order valence-corrected chi connectivity index (χ0v) is 8.73. The summed E-state index contributed by atoms with van der Waals surface area (Å²) in [5, 5.41) is 2.61. The summed E-state index contributed by atoms with van der Waals surface area (Å²) in [7, 11) is 1.58. The molecule has 0 fully saturated rings. The highest BCUT2D eigenvalue weighted by atomic mass is 19.2. The molecule has 4 heteroatoms. The fraction of sp³-hybridized carbons (Fsp3) is 0.364. The van der Waals surface area contributed by atoms with E-state index < -0.39 is 17.4 Å². The van der Waals surface area contributed by atoms with E-state index in [1.165, 1.54) is 6.07 Å². The van der Waals surface area contributed by atoms with Crippen molar-refractivity contribution >= 4 is 5.78 Å². The maximum Gasteiger partial charge on any atom is 0.179 e. The van der Waals surface area contributed by atoms with Gasteiger partial charge in [-0.1, -0.05) is 6.92 Å². The van der Waals surface area contributed by atoms with Gasteiger partial charge in [-0.25, -0.2) is 8.78 Å². The summed E-state index contributed by atoms with van der Waals surface area (Å²) in [5.41, 5.74) is 0.439. The molecule has 0 aliphatic heterocycles. The van der Waals surface area contributed by atoms with E-state index in [0.29, 0.717) is 12.0 Å². The van der Waals surface area contributed by atoms with E-state index >= 15 is 0 Å². The fourth-order valence-electron chi connectivity index (χ4n) is 1.31. The smallest absolute Gasteiger partial charge is 0.179 e. The second kappa shape index (κ2) is 4.98. The highest BCUT2D eigenvalue weighted by molar-refractivity contribution is 5.98. The number of carbonyl (C=O) groups excluding carboxylic acids is 1. The first-order valence-electron chi connectivity index (χ1n) is 4.75. The van der Waals surface area contributed by atoms with Gasteiger partial charge >= 0.3 is 0 Å². The lowest BCUT2D eigenvalue weighted by Gasteiger charge is -2.05. The molecule has 1 aromatic rings. The van der Waals surface area contributed by atoms with Gasteiger partial charge in [0.05, 0.1) is 12.1 Å². The molecule has 0 spiro atoms. The third-order valence-corrected chi connectivity index (χ3v) is 2.13. The summed E-state index contributed by atoms with van der Waals surface area (Å²) in [4.78, 5) is 11.4. The molecule has 82 valence electrons. The molecule has 1 N–H and O–H groups in total. The molecular weight excluding hydrogens is 200 g/mol. The molecule has 0 unspecified atom stereocenters. The largest absolute Gasteiger partial charge is 0.313 e. The molecule has 0 heterocycles. The van der Waals surface area contributed by atoms with Crippen molar-refractivity contribution in [3.8, 4) is 0 Å². The van der Waals surface area contributed by atoms with Crippen LogP contribution >= 0.6 is 0 Å². The molecule has 0 saturated heterocycles. The zero-order chi connectivity index (χ0) is 11.4. The number of Topliss-reactive ketones (excluding diaryl/α,β-unsaturated/α-hetero) is 1. The lowest BCUT2D eigenvalue weighted by Crippen LogP contribution is -2.20. The van der Waals surface area contributed by atoms with Crippen molar-refractivity contribution in [1.82, 2.24) is 5.32 Å². The standard InChI is InChI=1S/C11H13F2NO/c1-3-7-4-8(10(15)6-14-2)11(13)9(12)5-7/h4-5,14H,3,6H2,1-2H3. The van der Waals surface area contributed by atoms with Crippen LogP contribution in [0.5, 0.6) is 0 Å². The Morgan fingerprint density at radius 3 is 2.60 bits per heavy atom. The molecule has 2 nitrogen and oxygen atoms in total. The molecule has 0 atom stereocenters. The van der Waals surface area contributed by atoms with Crippen LogP contribution in [0.15, 0.2) is 12.1 Å². The van der Waals surface area contributed by atoms with Gasteiger partial charge in [0, 0.05) is 0 Å². The van der Waals surface area contributed by atoms with Gasteiger partial charge in [-0.05, 0) is 31.2 Å². The number of carbonyl (C=O) groups is 1. The van der Waals surface area contributed by atoms with Gasteiger partial charge in [-0.2, -0.15) is 0 Å². The van der Waals surface area contributed by atoms with Gasteiger partial charge in [0.1, 0.15) is 0 Å².